The van der Waals surface area contributed by atoms with Crippen LogP contribution in [0.2, 0.25) is 0 Å². The van der Waals surface area contributed by atoms with Gasteiger partial charge in [0.05, 0.1) is 6.04 Å². The van der Waals surface area contributed by atoms with E-state index in [0.29, 0.717) is 6.42 Å². The van der Waals surface area contributed by atoms with Gasteiger partial charge >= 0.3 is 5.97 Å². The van der Waals surface area contributed by atoms with Gasteiger partial charge in [-0.1, -0.05) is 66.2 Å². The molecule has 0 spiro atoms. The van der Waals surface area contributed by atoms with Crippen LogP contribution in [0, 0.1) is 17.8 Å². The summed E-state index contributed by atoms with van der Waals surface area (Å²) in [5, 5.41) is 18.5. The molecule has 37 heavy (non-hydrogen) atoms. The Balaban J connectivity index is 2.12. The van der Waals surface area contributed by atoms with E-state index in [-0.39, 0.29) is 24.2 Å². The lowest BCUT2D eigenvalue weighted by Gasteiger charge is -2.30. The summed E-state index contributed by atoms with van der Waals surface area (Å²) in [5.41, 5.74) is 8.05. The van der Waals surface area contributed by atoms with Crippen LogP contribution in [0.4, 0.5) is 0 Å². The number of H-pyrrole nitrogens is 1. The number of carboxylic acid groups (broad SMARTS) is 1. The van der Waals surface area contributed by atoms with Crippen LogP contribution in [-0.4, -0.2) is 57.9 Å². The number of rotatable bonds is 13. The van der Waals surface area contributed by atoms with Crippen molar-refractivity contribution in [2.24, 2.45) is 23.5 Å². The number of carbonyl (C=O) groups excluding carboxylic acids is 3. The van der Waals surface area contributed by atoms with Gasteiger partial charge in [0.25, 0.3) is 0 Å². The lowest BCUT2D eigenvalue weighted by atomic mass is 9.95. The molecule has 0 aliphatic heterocycles. The summed E-state index contributed by atoms with van der Waals surface area (Å²) in [6.45, 7) is 10.6. The average molecular weight is 516 g/mol. The number of hydrogen-bond donors (Lipinski definition) is 6. The Kier molecular flexibility index (Phi) is 10.7. The molecule has 5 atom stereocenters. The number of fused-ring (bicyclic) bond motifs is 1. The fourth-order valence-electron chi connectivity index (χ4n) is 4.13. The fraction of sp³-hybridized carbons (Fsp3) is 0.556. The van der Waals surface area contributed by atoms with Gasteiger partial charge in [-0.2, -0.15) is 0 Å². The zero-order chi connectivity index (χ0) is 27.9. The minimum atomic E-state index is -1.14. The van der Waals surface area contributed by atoms with Gasteiger partial charge in [-0.3, -0.25) is 14.4 Å². The SMILES string of the molecule is CCC(C)C(NC(=O)C(NC(=O)C(N)Cc1c[nH]c2ccccc12)C(C)C)C(=O)NC(C(=O)O)C(C)C. The Morgan fingerprint density at radius 2 is 1.41 bits per heavy atom. The van der Waals surface area contributed by atoms with Crippen LogP contribution < -0.4 is 21.7 Å². The van der Waals surface area contributed by atoms with Crippen LogP contribution in [0.3, 0.4) is 0 Å². The highest BCUT2D eigenvalue weighted by Gasteiger charge is 2.34. The molecule has 10 heteroatoms. The summed E-state index contributed by atoms with van der Waals surface area (Å²) in [6.07, 6.45) is 2.68. The Bertz CT molecular complexity index is 1100. The number of aliphatic carboxylic acids is 1. The molecule has 3 amide bonds. The highest BCUT2D eigenvalue weighted by molar-refractivity contribution is 5.94. The Morgan fingerprint density at radius 3 is 1.97 bits per heavy atom. The van der Waals surface area contributed by atoms with E-state index in [4.69, 9.17) is 5.73 Å². The van der Waals surface area contributed by atoms with Crippen molar-refractivity contribution >= 4 is 34.6 Å². The van der Waals surface area contributed by atoms with E-state index in [2.05, 4.69) is 20.9 Å². The van der Waals surface area contributed by atoms with E-state index in [1.54, 1.807) is 34.6 Å². The maximum Gasteiger partial charge on any atom is 0.326 e. The molecule has 5 unspecified atom stereocenters. The molecule has 0 saturated heterocycles. The number of hydrogen-bond acceptors (Lipinski definition) is 5. The van der Waals surface area contributed by atoms with Gasteiger partial charge in [-0.05, 0) is 35.8 Å². The van der Waals surface area contributed by atoms with Crippen LogP contribution in [0.5, 0.6) is 0 Å². The monoisotopic (exact) mass is 515 g/mol. The van der Waals surface area contributed by atoms with Gasteiger partial charge in [0, 0.05) is 17.1 Å². The number of aromatic nitrogens is 1. The fourth-order valence-corrected chi connectivity index (χ4v) is 4.13. The number of nitrogens with two attached hydrogens (primary N) is 1. The highest BCUT2D eigenvalue weighted by Crippen LogP contribution is 2.19. The zero-order valence-corrected chi connectivity index (χ0v) is 22.5. The van der Waals surface area contributed by atoms with Gasteiger partial charge in [0.2, 0.25) is 17.7 Å². The molecule has 1 aromatic heterocycles. The topological polar surface area (TPSA) is 166 Å². The van der Waals surface area contributed by atoms with Crippen molar-refractivity contribution in [1.82, 2.24) is 20.9 Å². The van der Waals surface area contributed by atoms with E-state index in [0.717, 1.165) is 16.5 Å². The Hall–Kier alpha value is -3.40. The molecule has 2 rings (SSSR count). The van der Waals surface area contributed by atoms with Crippen molar-refractivity contribution in [3.63, 3.8) is 0 Å². The maximum absolute atomic E-state index is 13.3. The molecule has 0 bridgehead atoms. The van der Waals surface area contributed by atoms with E-state index in [1.807, 2.05) is 37.4 Å². The minimum Gasteiger partial charge on any atom is -0.480 e. The lowest BCUT2D eigenvalue weighted by molar-refractivity contribution is -0.144. The Labute approximate surface area is 218 Å². The first-order valence-corrected chi connectivity index (χ1v) is 12.8. The van der Waals surface area contributed by atoms with Gasteiger partial charge in [-0.15, -0.1) is 0 Å². The van der Waals surface area contributed by atoms with E-state index >= 15 is 0 Å². The van der Waals surface area contributed by atoms with Crippen molar-refractivity contribution in [3.05, 3.63) is 36.0 Å². The normalized spacial score (nSPS) is 15.6. The van der Waals surface area contributed by atoms with Gasteiger partial charge < -0.3 is 31.8 Å². The number of aromatic amines is 1. The summed E-state index contributed by atoms with van der Waals surface area (Å²) >= 11 is 0. The number of nitrogens with one attached hydrogen (secondary N) is 4. The molecule has 204 valence electrons. The number of carbonyl (C=O) groups is 4. The first-order chi connectivity index (χ1) is 17.4. The molecule has 7 N–H and O–H groups in total. The molecule has 1 aromatic carbocycles. The lowest BCUT2D eigenvalue weighted by Crippen LogP contribution is -2.60. The number of para-hydroxylation sites is 1. The standard InChI is InChI=1S/C27H41N5O5/c1-7-16(6)23(26(35)31-22(15(4)5)27(36)37)32-25(34)21(14(2)3)30-24(33)19(28)12-17-13-29-20-11-9-8-10-18(17)20/h8-11,13-16,19,21-23,29H,7,12,28H2,1-6H3,(H,30,33)(H,31,35)(H,32,34)(H,36,37). The van der Waals surface area contributed by atoms with Crippen LogP contribution in [0.25, 0.3) is 10.9 Å². The second kappa shape index (κ2) is 13.2. The van der Waals surface area contributed by atoms with Crippen molar-refractivity contribution in [1.29, 1.82) is 0 Å². The second-order valence-corrected chi connectivity index (χ2v) is 10.3. The molecule has 2 aromatic rings. The first kappa shape index (κ1) is 29.8. The zero-order valence-electron chi connectivity index (χ0n) is 22.5. The average Bonchev–Trinajstić information content (AvgIpc) is 3.25. The van der Waals surface area contributed by atoms with E-state index in [1.165, 1.54) is 0 Å². The molecule has 1 heterocycles. The molecule has 0 fully saturated rings. The first-order valence-electron chi connectivity index (χ1n) is 12.8. The van der Waals surface area contributed by atoms with Gasteiger partial charge in [-0.25, -0.2) is 4.79 Å². The molecule has 0 aliphatic rings. The summed E-state index contributed by atoms with van der Waals surface area (Å²) < 4.78 is 0. The predicted octanol–water partition coefficient (Wildman–Crippen LogP) is 1.93. The molecule has 10 nitrogen and oxygen atoms in total. The second-order valence-electron chi connectivity index (χ2n) is 10.3. The van der Waals surface area contributed by atoms with Crippen LogP contribution >= 0.6 is 0 Å². The molecule has 0 radical (unpaired) electrons. The third kappa shape index (κ3) is 7.79. The quantitative estimate of drug-likeness (QED) is 0.238. The largest absolute Gasteiger partial charge is 0.480 e. The summed E-state index contributed by atoms with van der Waals surface area (Å²) in [7, 11) is 0. The third-order valence-corrected chi connectivity index (χ3v) is 6.72. The molecule has 0 saturated carbocycles. The summed E-state index contributed by atoms with van der Waals surface area (Å²) in [6, 6.07) is 3.85. The van der Waals surface area contributed by atoms with E-state index < -0.39 is 47.9 Å². The van der Waals surface area contributed by atoms with Gasteiger partial charge in [0.15, 0.2) is 0 Å². The summed E-state index contributed by atoms with van der Waals surface area (Å²) in [5.74, 6) is -3.61. The molecular formula is C27H41N5O5. The van der Waals surface area contributed by atoms with Crippen LogP contribution in [0.15, 0.2) is 30.5 Å². The molecular weight excluding hydrogens is 474 g/mol. The summed E-state index contributed by atoms with van der Waals surface area (Å²) in [4.78, 5) is 53.9. The van der Waals surface area contributed by atoms with Crippen LogP contribution in [-0.2, 0) is 25.6 Å². The van der Waals surface area contributed by atoms with Crippen molar-refractivity contribution in [3.8, 4) is 0 Å². The number of amides is 3. The third-order valence-electron chi connectivity index (χ3n) is 6.72. The number of benzene rings is 1. The highest BCUT2D eigenvalue weighted by atomic mass is 16.4. The van der Waals surface area contributed by atoms with Crippen molar-refractivity contribution in [2.75, 3.05) is 0 Å². The maximum atomic E-state index is 13.3. The predicted molar refractivity (Wildman–Crippen MR) is 143 cm³/mol. The van der Waals surface area contributed by atoms with E-state index in [9.17, 15) is 24.3 Å². The van der Waals surface area contributed by atoms with Crippen molar-refractivity contribution in [2.45, 2.75) is 78.6 Å². The Morgan fingerprint density at radius 1 is 0.865 bits per heavy atom. The molecule has 0 aliphatic carbocycles. The van der Waals surface area contributed by atoms with Crippen molar-refractivity contribution < 1.29 is 24.3 Å². The van der Waals surface area contributed by atoms with Crippen LogP contribution in [0.1, 0.15) is 53.5 Å². The number of carboxylic acids is 1. The van der Waals surface area contributed by atoms with Gasteiger partial charge in [0.1, 0.15) is 18.1 Å². The minimum absolute atomic E-state index is 0.266. The smallest absolute Gasteiger partial charge is 0.326 e.